The molecule has 3 atom stereocenters. The third kappa shape index (κ3) is 11.6. The number of carbonyl (C=O) groups is 4. The second kappa shape index (κ2) is 20.6. The SMILES string of the molecule is C=CC(=O)OCCCCCCCC1CCC(c2ccc(-c3ccc(C(=O)Oc4ccc(C5O[C@@H](C(=O)O)[C@H](C(=O)OCCCC)O5)cc4)cc3)cc2)CC1. The van der Waals surface area contributed by atoms with E-state index < -0.39 is 36.4 Å². The summed E-state index contributed by atoms with van der Waals surface area (Å²) in [6, 6.07) is 22.4. The Bertz CT molecular complexity index is 1670. The van der Waals surface area contributed by atoms with Crippen LogP contribution in [-0.4, -0.2) is 54.4 Å². The lowest BCUT2D eigenvalue weighted by molar-refractivity contribution is -0.161. The summed E-state index contributed by atoms with van der Waals surface area (Å²) in [5.74, 6) is -1.26. The van der Waals surface area contributed by atoms with Crippen molar-refractivity contribution >= 4 is 23.9 Å². The molecule has 3 aromatic carbocycles. The Kier molecular flexibility index (Phi) is 15.4. The molecular weight excluding hydrogens is 688 g/mol. The Morgan fingerprint density at radius 3 is 1.96 bits per heavy atom. The molecule has 0 amide bonds. The third-order valence-corrected chi connectivity index (χ3v) is 10.2. The highest BCUT2D eigenvalue weighted by molar-refractivity contribution is 5.91. The van der Waals surface area contributed by atoms with E-state index in [-0.39, 0.29) is 18.3 Å². The van der Waals surface area contributed by atoms with E-state index in [1.165, 1.54) is 63.0 Å². The average Bonchev–Trinajstić information content (AvgIpc) is 3.66. The van der Waals surface area contributed by atoms with Gasteiger partial charge in [0.15, 0.2) is 18.5 Å². The maximum Gasteiger partial charge on any atom is 0.343 e. The predicted octanol–water partition coefficient (Wildman–Crippen LogP) is 9.13. The highest BCUT2D eigenvalue weighted by atomic mass is 16.7. The molecule has 1 unspecified atom stereocenters. The molecule has 0 spiro atoms. The van der Waals surface area contributed by atoms with Gasteiger partial charge in [0.1, 0.15) is 5.75 Å². The van der Waals surface area contributed by atoms with Crippen molar-refractivity contribution in [2.45, 2.75) is 108 Å². The van der Waals surface area contributed by atoms with Gasteiger partial charge >= 0.3 is 23.9 Å². The van der Waals surface area contributed by atoms with Crippen LogP contribution in [0, 0.1) is 5.92 Å². The normalized spacial score (nSPS) is 20.9. The van der Waals surface area contributed by atoms with Gasteiger partial charge in [-0.05, 0) is 91.3 Å². The summed E-state index contributed by atoms with van der Waals surface area (Å²) in [6.45, 7) is 6.02. The number of esters is 3. The fourth-order valence-corrected chi connectivity index (χ4v) is 7.05. The summed E-state index contributed by atoms with van der Waals surface area (Å²) in [4.78, 5) is 48.2. The molecule has 2 fully saturated rings. The van der Waals surface area contributed by atoms with Crippen molar-refractivity contribution in [2.24, 2.45) is 5.92 Å². The number of carboxylic acids is 1. The lowest BCUT2D eigenvalue weighted by Crippen LogP contribution is -2.38. The van der Waals surface area contributed by atoms with Gasteiger partial charge in [-0.25, -0.2) is 19.2 Å². The second-order valence-corrected chi connectivity index (χ2v) is 14.1. The van der Waals surface area contributed by atoms with Gasteiger partial charge < -0.3 is 28.8 Å². The first-order chi connectivity index (χ1) is 26.2. The maximum absolute atomic E-state index is 12.9. The summed E-state index contributed by atoms with van der Waals surface area (Å²) < 4.78 is 26.9. The van der Waals surface area contributed by atoms with E-state index in [9.17, 15) is 24.3 Å². The molecule has 0 aromatic heterocycles. The minimum atomic E-state index is -1.50. The predicted molar refractivity (Wildman–Crippen MR) is 203 cm³/mol. The van der Waals surface area contributed by atoms with Crippen LogP contribution in [0.4, 0.5) is 0 Å². The van der Waals surface area contributed by atoms with E-state index in [1.807, 2.05) is 19.1 Å². The van der Waals surface area contributed by atoms with Gasteiger partial charge in [-0.3, -0.25) is 0 Å². The number of aliphatic carboxylic acids is 1. The largest absolute Gasteiger partial charge is 0.479 e. The van der Waals surface area contributed by atoms with Crippen LogP contribution in [0.3, 0.4) is 0 Å². The standard InChI is InChI=1S/C44H52O10/c1-3-5-28-51-43(49)40-39(41(46)47)53-44(54-40)36-24-26-37(27-25-36)52-42(48)35-22-20-34(21-23-35)33-18-16-32(17-19-33)31-14-12-30(13-15-31)11-9-7-6-8-10-29-50-38(45)4-2/h4,16-27,30-31,39-40,44H,2-3,5-15,28-29H2,1H3,(H,46,47)/t30?,31?,39-,40-,44?/m1/s1. The molecule has 2 aliphatic rings. The number of rotatable bonds is 19. The number of hydrogen-bond acceptors (Lipinski definition) is 9. The molecule has 5 rings (SSSR count). The van der Waals surface area contributed by atoms with E-state index >= 15 is 0 Å². The van der Waals surface area contributed by atoms with E-state index in [1.54, 1.807) is 36.4 Å². The molecule has 288 valence electrons. The molecule has 10 nitrogen and oxygen atoms in total. The van der Waals surface area contributed by atoms with Gasteiger partial charge in [0, 0.05) is 11.6 Å². The number of benzene rings is 3. The van der Waals surface area contributed by atoms with Crippen LogP contribution >= 0.6 is 0 Å². The molecular formula is C44H52O10. The van der Waals surface area contributed by atoms with Crippen molar-refractivity contribution in [2.75, 3.05) is 13.2 Å². The average molecular weight is 741 g/mol. The Balaban J connectivity index is 1.04. The highest BCUT2D eigenvalue weighted by Gasteiger charge is 2.47. The minimum absolute atomic E-state index is 0.175. The van der Waals surface area contributed by atoms with Crippen LogP contribution in [0.25, 0.3) is 11.1 Å². The topological polar surface area (TPSA) is 135 Å². The van der Waals surface area contributed by atoms with Crippen LogP contribution in [-0.2, 0) is 33.3 Å². The summed E-state index contributed by atoms with van der Waals surface area (Å²) in [5.41, 5.74) is 4.35. The number of carbonyl (C=O) groups excluding carboxylic acids is 3. The smallest absolute Gasteiger partial charge is 0.343 e. The van der Waals surface area contributed by atoms with Crippen LogP contribution in [0.5, 0.6) is 5.75 Å². The van der Waals surface area contributed by atoms with Crippen LogP contribution < -0.4 is 4.74 Å². The molecule has 1 aliphatic carbocycles. The monoisotopic (exact) mass is 740 g/mol. The first kappa shape index (κ1) is 40.4. The van der Waals surface area contributed by atoms with E-state index in [2.05, 4.69) is 30.8 Å². The number of ether oxygens (including phenoxy) is 5. The van der Waals surface area contributed by atoms with E-state index in [4.69, 9.17) is 23.7 Å². The molecule has 1 heterocycles. The zero-order chi connectivity index (χ0) is 38.3. The van der Waals surface area contributed by atoms with Gasteiger partial charge in [-0.15, -0.1) is 0 Å². The Morgan fingerprint density at radius 2 is 1.31 bits per heavy atom. The van der Waals surface area contributed by atoms with Crippen LogP contribution in [0.15, 0.2) is 85.5 Å². The fraction of sp³-hybridized carbons (Fsp3) is 0.455. The highest BCUT2D eigenvalue weighted by Crippen LogP contribution is 2.38. The minimum Gasteiger partial charge on any atom is -0.479 e. The zero-order valence-corrected chi connectivity index (χ0v) is 31.1. The Labute approximate surface area is 317 Å². The van der Waals surface area contributed by atoms with E-state index in [0.717, 1.165) is 36.3 Å². The van der Waals surface area contributed by atoms with Crippen molar-refractivity contribution in [3.8, 4) is 16.9 Å². The van der Waals surface area contributed by atoms with Crippen molar-refractivity contribution in [3.05, 3.63) is 102 Å². The second-order valence-electron chi connectivity index (χ2n) is 14.1. The van der Waals surface area contributed by atoms with Crippen LogP contribution in [0.2, 0.25) is 0 Å². The number of unbranched alkanes of at least 4 members (excludes halogenated alkanes) is 5. The molecule has 54 heavy (non-hydrogen) atoms. The molecule has 3 aromatic rings. The van der Waals surface area contributed by atoms with Gasteiger partial charge in [0.05, 0.1) is 18.8 Å². The van der Waals surface area contributed by atoms with Gasteiger partial charge in [0.2, 0.25) is 0 Å². The van der Waals surface area contributed by atoms with Crippen molar-refractivity contribution in [1.82, 2.24) is 0 Å². The number of hydrogen-bond donors (Lipinski definition) is 1. The zero-order valence-electron chi connectivity index (χ0n) is 31.1. The summed E-state index contributed by atoms with van der Waals surface area (Å²) in [7, 11) is 0. The lowest BCUT2D eigenvalue weighted by Gasteiger charge is -2.29. The summed E-state index contributed by atoms with van der Waals surface area (Å²) in [5, 5.41) is 9.55. The first-order valence-electron chi connectivity index (χ1n) is 19.3. The summed E-state index contributed by atoms with van der Waals surface area (Å²) >= 11 is 0. The molecule has 1 aliphatic heterocycles. The molecule has 1 saturated heterocycles. The molecule has 1 saturated carbocycles. The van der Waals surface area contributed by atoms with Crippen molar-refractivity contribution in [1.29, 1.82) is 0 Å². The first-order valence-corrected chi connectivity index (χ1v) is 19.3. The molecule has 0 bridgehead atoms. The quantitative estimate of drug-likeness (QED) is 0.0549. The van der Waals surface area contributed by atoms with E-state index in [0.29, 0.717) is 30.1 Å². The van der Waals surface area contributed by atoms with Gasteiger partial charge in [0.25, 0.3) is 0 Å². The fourth-order valence-electron chi connectivity index (χ4n) is 7.05. The Hall–Kier alpha value is -4.80. The van der Waals surface area contributed by atoms with Gasteiger partial charge in [-0.1, -0.05) is 101 Å². The van der Waals surface area contributed by atoms with Crippen molar-refractivity contribution < 1.29 is 48.0 Å². The van der Waals surface area contributed by atoms with Crippen LogP contribution in [0.1, 0.15) is 118 Å². The third-order valence-electron chi connectivity index (χ3n) is 10.2. The number of carboxylic acid groups (broad SMARTS) is 1. The van der Waals surface area contributed by atoms with Gasteiger partial charge in [-0.2, -0.15) is 0 Å². The maximum atomic E-state index is 12.9. The molecule has 0 radical (unpaired) electrons. The Morgan fingerprint density at radius 1 is 0.722 bits per heavy atom. The molecule has 10 heteroatoms. The summed E-state index contributed by atoms with van der Waals surface area (Å²) in [6.07, 6.45) is 10.7. The molecule has 1 N–H and O–H groups in total. The lowest BCUT2D eigenvalue weighted by atomic mass is 9.77. The van der Waals surface area contributed by atoms with Crippen molar-refractivity contribution in [3.63, 3.8) is 0 Å².